The molecule has 3 atom stereocenters. The first-order valence-electron chi connectivity index (χ1n) is 5.74. The number of hydrogen-bond acceptors (Lipinski definition) is 3. The van der Waals surface area contributed by atoms with Crippen molar-refractivity contribution in [2.24, 2.45) is 11.8 Å². The first-order chi connectivity index (χ1) is 8.25. The van der Waals surface area contributed by atoms with Crippen LogP contribution in [0.5, 0.6) is 0 Å². The van der Waals surface area contributed by atoms with E-state index >= 15 is 0 Å². The summed E-state index contributed by atoms with van der Waals surface area (Å²) in [6.07, 6.45) is 4.14. The highest BCUT2D eigenvalue weighted by Crippen LogP contribution is 2.37. The molecule has 1 fully saturated rings. The molecule has 3 rings (SSSR count). The molecule has 1 aromatic rings. The lowest BCUT2D eigenvalue weighted by atomic mass is 10.0. The van der Waals surface area contributed by atoms with Crippen molar-refractivity contribution in [3.05, 3.63) is 48.0 Å². The maximum atomic E-state index is 11.8. The second-order valence-electron chi connectivity index (χ2n) is 4.47. The Morgan fingerprint density at radius 2 is 1.94 bits per heavy atom. The Labute approximate surface area is 99.1 Å². The van der Waals surface area contributed by atoms with Gasteiger partial charge in [-0.2, -0.15) is 0 Å². The fourth-order valence-corrected chi connectivity index (χ4v) is 2.49. The molecule has 0 saturated heterocycles. The fraction of sp³-hybridized carbons (Fsp3) is 0.286. The number of fused-ring (bicyclic) bond motifs is 2. The van der Waals surface area contributed by atoms with Crippen molar-refractivity contribution in [3.63, 3.8) is 0 Å². The lowest BCUT2D eigenvalue weighted by Gasteiger charge is -2.17. The normalized spacial score (nSPS) is 29.6. The van der Waals surface area contributed by atoms with Crippen LogP contribution in [0.3, 0.4) is 0 Å². The van der Waals surface area contributed by atoms with Crippen LogP contribution in [0, 0.1) is 11.8 Å². The summed E-state index contributed by atoms with van der Waals surface area (Å²) >= 11 is 0. The minimum absolute atomic E-state index is 0.0337. The van der Waals surface area contributed by atoms with Gasteiger partial charge in [0.25, 0.3) is 0 Å². The van der Waals surface area contributed by atoms with E-state index in [-0.39, 0.29) is 29.7 Å². The smallest absolute Gasteiger partial charge is 0.338 e. The van der Waals surface area contributed by atoms with Crippen LogP contribution in [-0.4, -0.2) is 17.9 Å². The number of ketones is 1. The number of hydrogen-bond donors (Lipinski definition) is 0. The van der Waals surface area contributed by atoms with Gasteiger partial charge in [0.05, 0.1) is 11.5 Å². The number of allylic oxidation sites excluding steroid dienone is 1. The highest BCUT2D eigenvalue weighted by Gasteiger charge is 2.45. The van der Waals surface area contributed by atoms with Gasteiger partial charge in [-0.25, -0.2) is 4.79 Å². The molecule has 2 bridgehead atoms. The monoisotopic (exact) mass is 228 g/mol. The molecule has 86 valence electrons. The Morgan fingerprint density at radius 3 is 2.53 bits per heavy atom. The van der Waals surface area contributed by atoms with Crippen molar-refractivity contribution in [1.82, 2.24) is 0 Å². The predicted molar refractivity (Wildman–Crippen MR) is 61.4 cm³/mol. The first-order valence-corrected chi connectivity index (χ1v) is 5.74. The van der Waals surface area contributed by atoms with Crippen LogP contribution >= 0.6 is 0 Å². The summed E-state index contributed by atoms with van der Waals surface area (Å²) in [6.45, 7) is 0. The first kappa shape index (κ1) is 10.3. The number of carbonyl (C=O) groups is 2. The fourth-order valence-electron chi connectivity index (χ4n) is 2.49. The van der Waals surface area contributed by atoms with E-state index in [1.54, 1.807) is 24.3 Å². The van der Waals surface area contributed by atoms with Gasteiger partial charge in [0, 0.05) is 5.92 Å². The van der Waals surface area contributed by atoms with E-state index < -0.39 is 0 Å². The summed E-state index contributed by atoms with van der Waals surface area (Å²) in [6, 6.07) is 8.87. The molecule has 0 spiro atoms. The van der Waals surface area contributed by atoms with Gasteiger partial charge in [-0.3, -0.25) is 4.79 Å². The number of benzene rings is 1. The molecule has 2 aliphatic rings. The lowest BCUT2D eigenvalue weighted by molar-refractivity contribution is -0.121. The summed E-state index contributed by atoms with van der Waals surface area (Å²) in [5, 5.41) is 0. The SMILES string of the molecule is O=C(OC1CC2C=CC1C2=O)c1ccccc1. The molecule has 1 aromatic carbocycles. The molecule has 3 nitrogen and oxygen atoms in total. The zero-order chi connectivity index (χ0) is 11.8. The molecular weight excluding hydrogens is 216 g/mol. The van der Waals surface area contributed by atoms with Crippen LogP contribution in [0.15, 0.2) is 42.5 Å². The lowest BCUT2D eigenvalue weighted by Crippen LogP contribution is -2.23. The van der Waals surface area contributed by atoms with Crippen LogP contribution in [0.4, 0.5) is 0 Å². The number of carbonyl (C=O) groups excluding carboxylic acids is 2. The van der Waals surface area contributed by atoms with Gasteiger partial charge in [-0.05, 0) is 18.6 Å². The topological polar surface area (TPSA) is 43.4 Å². The van der Waals surface area contributed by atoms with Crippen molar-refractivity contribution in [3.8, 4) is 0 Å². The van der Waals surface area contributed by atoms with Crippen molar-refractivity contribution < 1.29 is 14.3 Å². The molecule has 3 heteroatoms. The number of rotatable bonds is 2. The third-order valence-corrected chi connectivity index (χ3v) is 3.40. The molecule has 0 N–H and O–H groups in total. The standard InChI is InChI=1S/C14H12O3/c15-13-10-6-7-11(13)12(8-10)17-14(16)9-4-2-1-3-5-9/h1-7,10-12H,8H2. The average molecular weight is 228 g/mol. The minimum Gasteiger partial charge on any atom is -0.458 e. The zero-order valence-electron chi connectivity index (χ0n) is 9.21. The van der Waals surface area contributed by atoms with Gasteiger partial charge in [0.1, 0.15) is 11.9 Å². The Balaban J connectivity index is 1.71. The zero-order valence-corrected chi connectivity index (χ0v) is 9.21. The Bertz CT molecular complexity index is 489. The molecule has 0 radical (unpaired) electrons. The summed E-state index contributed by atoms with van der Waals surface area (Å²) in [5.41, 5.74) is 0.534. The molecule has 1 saturated carbocycles. The van der Waals surface area contributed by atoms with Crippen molar-refractivity contribution >= 4 is 11.8 Å². The predicted octanol–water partition coefficient (Wildman–Crippen LogP) is 1.99. The molecule has 0 aromatic heterocycles. The third kappa shape index (κ3) is 1.68. The molecule has 0 aliphatic heterocycles. The summed E-state index contributed by atoms with van der Waals surface area (Å²) < 4.78 is 5.39. The van der Waals surface area contributed by atoms with Crippen LogP contribution in [0.25, 0.3) is 0 Å². The highest BCUT2D eigenvalue weighted by molar-refractivity contribution is 5.94. The van der Waals surface area contributed by atoms with Crippen molar-refractivity contribution in [2.75, 3.05) is 0 Å². The minimum atomic E-state index is -0.343. The molecule has 0 heterocycles. The number of ether oxygens (including phenoxy) is 1. The highest BCUT2D eigenvalue weighted by atomic mass is 16.5. The van der Waals surface area contributed by atoms with Crippen molar-refractivity contribution in [2.45, 2.75) is 12.5 Å². The molecule has 3 unspecified atom stereocenters. The number of esters is 1. The van der Waals surface area contributed by atoms with E-state index in [4.69, 9.17) is 4.74 Å². The quantitative estimate of drug-likeness (QED) is 0.574. The second-order valence-corrected chi connectivity index (χ2v) is 4.47. The summed E-state index contributed by atoms with van der Waals surface area (Å²) in [7, 11) is 0. The molecular formula is C14H12O3. The van der Waals surface area contributed by atoms with E-state index in [0.717, 1.165) is 0 Å². The van der Waals surface area contributed by atoms with E-state index in [1.165, 1.54) is 0 Å². The Morgan fingerprint density at radius 1 is 1.18 bits per heavy atom. The Hall–Kier alpha value is -1.90. The molecule has 0 amide bonds. The van der Waals surface area contributed by atoms with E-state index in [2.05, 4.69) is 0 Å². The molecule has 17 heavy (non-hydrogen) atoms. The maximum Gasteiger partial charge on any atom is 0.338 e. The average Bonchev–Trinajstić information content (AvgIpc) is 2.86. The largest absolute Gasteiger partial charge is 0.458 e. The molecule has 2 aliphatic carbocycles. The van der Waals surface area contributed by atoms with Gasteiger partial charge < -0.3 is 4.74 Å². The van der Waals surface area contributed by atoms with E-state index in [0.29, 0.717) is 12.0 Å². The van der Waals surface area contributed by atoms with Crippen LogP contribution in [0.2, 0.25) is 0 Å². The van der Waals surface area contributed by atoms with Gasteiger partial charge in [0.2, 0.25) is 0 Å². The van der Waals surface area contributed by atoms with E-state index in [9.17, 15) is 9.59 Å². The maximum absolute atomic E-state index is 11.8. The number of Topliss-reactive ketones (excluding diaryl/α,β-unsaturated/α-hetero) is 1. The van der Waals surface area contributed by atoms with Gasteiger partial charge >= 0.3 is 5.97 Å². The van der Waals surface area contributed by atoms with Crippen LogP contribution < -0.4 is 0 Å². The van der Waals surface area contributed by atoms with Crippen LogP contribution in [0.1, 0.15) is 16.8 Å². The third-order valence-electron chi connectivity index (χ3n) is 3.40. The van der Waals surface area contributed by atoms with Crippen molar-refractivity contribution in [1.29, 1.82) is 0 Å². The Kier molecular flexibility index (Phi) is 2.32. The summed E-state index contributed by atoms with van der Waals surface area (Å²) in [5.74, 6) is -0.401. The van der Waals surface area contributed by atoms with Gasteiger partial charge in [0.15, 0.2) is 0 Å². The van der Waals surface area contributed by atoms with Gasteiger partial charge in [-0.1, -0.05) is 30.4 Å². The summed E-state index contributed by atoms with van der Waals surface area (Å²) in [4.78, 5) is 23.5. The second kappa shape index (κ2) is 3.84. The van der Waals surface area contributed by atoms with E-state index in [1.807, 2.05) is 18.2 Å². The van der Waals surface area contributed by atoms with Crippen LogP contribution in [-0.2, 0) is 9.53 Å². The van der Waals surface area contributed by atoms with Gasteiger partial charge in [-0.15, -0.1) is 0 Å².